The first-order chi connectivity index (χ1) is 14.1. The minimum absolute atomic E-state index is 0.0157. The molecule has 1 unspecified atom stereocenters. The first-order valence-corrected chi connectivity index (χ1v) is 9.80. The van der Waals surface area contributed by atoms with Crippen molar-refractivity contribution in [2.24, 2.45) is 0 Å². The lowest BCUT2D eigenvalue weighted by molar-refractivity contribution is -0.115. The predicted molar refractivity (Wildman–Crippen MR) is 106 cm³/mol. The van der Waals surface area contributed by atoms with Gasteiger partial charge in [-0.3, -0.25) is 24.7 Å². The molecule has 2 saturated heterocycles. The van der Waals surface area contributed by atoms with Gasteiger partial charge in [-0.15, -0.1) is 0 Å². The van der Waals surface area contributed by atoms with Crippen molar-refractivity contribution in [1.29, 1.82) is 0 Å². The fraction of sp³-hybridized carbons (Fsp3) is 0.278. The molecule has 0 saturated carbocycles. The number of amides is 3. The number of hydrogen-bond acceptors (Lipinski definition) is 9. The van der Waals surface area contributed by atoms with Gasteiger partial charge >= 0.3 is 0 Å². The molecule has 3 amide bonds. The molecule has 2 aromatic rings. The van der Waals surface area contributed by atoms with E-state index in [0.717, 1.165) is 24.6 Å². The predicted octanol–water partition coefficient (Wildman–Crippen LogP) is 1.31. The van der Waals surface area contributed by atoms with Crippen LogP contribution in [0.3, 0.4) is 0 Å². The van der Waals surface area contributed by atoms with Gasteiger partial charge in [-0.05, 0) is 36.7 Å². The summed E-state index contributed by atoms with van der Waals surface area (Å²) in [6.45, 7) is 1.15. The van der Waals surface area contributed by atoms with E-state index in [9.17, 15) is 14.4 Å². The van der Waals surface area contributed by atoms with E-state index in [4.69, 9.17) is 0 Å². The lowest BCUT2D eigenvalue weighted by atomic mass is 10.1. The molecule has 11 heteroatoms. The van der Waals surface area contributed by atoms with Crippen LogP contribution in [0.2, 0.25) is 0 Å². The zero-order valence-corrected chi connectivity index (χ0v) is 16.1. The average molecular weight is 411 g/mol. The monoisotopic (exact) mass is 411 g/mol. The van der Waals surface area contributed by atoms with Crippen molar-refractivity contribution in [3.63, 3.8) is 0 Å². The van der Waals surface area contributed by atoms with Gasteiger partial charge in [-0.2, -0.15) is 0 Å². The zero-order chi connectivity index (χ0) is 20.2. The number of nitrogens with zero attached hydrogens (tertiary/aromatic N) is 5. The van der Waals surface area contributed by atoms with Crippen molar-refractivity contribution < 1.29 is 14.4 Å². The molecule has 10 nitrogen and oxygen atoms in total. The molecule has 4 heterocycles. The van der Waals surface area contributed by atoms with E-state index in [2.05, 4.69) is 30.6 Å². The van der Waals surface area contributed by atoms with E-state index in [1.54, 1.807) is 23.2 Å². The SMILES string of the molecule is O=C1NC(=O)/C(=C\c2ccnc(NC3CCCN(C(=O)c4cnccn4)C3)n2)S1. The summed E-state index contributed by atoms with van der Waals surface area (Å²) < 4.78 is 0. The number of nitrogens with one attached hydrogen (secondary N) is 2. The van der Waals surface area contributed by atoms with E-state index < -0.39 is 11.1 Å². The maximum atomic E-state index is 12.6. The third-order valence-electron chi connectivity index (χ3n) is 4.42. The summed E-state index contributed by atoms with van der Waals surface area (Å²) in [6, 6.07) is 1.64. The first-order valence-electron chi connectivity index (χ1n) is 8.98. The third-order valence-corrected chi connectivity index (χ3v) is 5.23. The summed E-state index contributed by atoms with van der Waals surface area (Å²) in [4.78, 5) is 54.2. The van der Waals surface area contributed by atoms with Gasteiger partial charge in [0.2, 0.25) is 5.95 Å². The van der Waals surface area contributed by atoms with Crippen LogP contribution in [0.25, 0.3) is 6.08 Å². The molecule has 0 radical (unpaired) electrons. The molecule has 29 heavy (non-hydrogen) atoms. The number of hydrogen-bond donors (Lipinski definition) is 2. The Labute approximate surface area is 170 Å². The second-order valence-electron chi connectivity index (χ2n) is 6.48. The highest BCUT2D eigenvalue weighted by Gasteiger charge is 2.27. The molecule has 4 rings (SSSR count). The van der Waals surface area contributed by atoms with Gasteiger partial charge in [-0.1, -0.05) is 0 Å². The molecule has 0 spiro atoms. The topological polar surface area (TPSA) is 130 Å². The first kappa shape index (κ1) is 19.0. The molecular formula is C18H17N7O3S. The average Bonchev–Trinajstić information content (AvgIpc) is 3.05. The van der Waals surface area contributed by atoms with Gasteiger partial charge < -0.3 is 10.2 Å². The van der Waals surface area contributed by atoms with Crippen LogP contribution in [0.1, 0.15) is 29.0 Å². The van der Waals surface area contributed by atoms with Gasteiger partial charge in [0.15, 0.2) is 0 Å². The minimum atomic E-state index is -0.432. The van der Waals surface area contributed by atoms with Crippen LogP contribution in [0.5, 0.6) is 0 Å². The van der Waals surface area contributed by atoms with Crippen LogP contribution in [0, 0.1) is 0 Å². The number of carbonyl (C=O) groups is 3. The Hall–Kier alpha value is -3.34. The number of anilines is 1. The van der Waals surface area contributed by atoms with Crippen molar-refractivity contribution in [3.05, 3.63) is 47.1 Å². The smallest absolute Gasteiger partial charge is 0.290 e. The maximum absolute atomic E-state index is 12.6. The van der Waals surface area contributed by atoms with Gasteiger partial charge in [-0.25, -0.2) is 15.0 Å². The van der Waals surface area contributed by atoms with E-state index in [1.807, 2.05) is 0 Å². The van der Waals surface area contributed by atoms with Crippen LogP contribution in [-0.4, -0.2) is 61.0 Å². The van der Waals surface area contributed by atoms with E-state index in [-0.39, 0.29) is 16.9 Å². The second-order valence-corrected chi connectivity index (χ2v) is 7.50. The Morgan fingerprint density at radius 3 is 2.93 bits per heavy atom. The van der Waals surface area contributed by atoms with Crippen LogP contribution in [-0.2, 0) is 4.79 Å². The zero-order valence-electron chi connectivity index (χ0n) is 15.2. The van der Waals surface area contributed by atoms with Gasteiger partial charge in [0.1, 0.15) is 5.69 Å². The lowest BCUT2D eigenvalue weighted by Gasteiger charge is -2.32. The number of rotatable bonds is 4. The molecule has 2 N–H and O–H groups in total. The second kappa shape index (κ2) is 8.35. The Morgan fingerprint density at radius 2 is 2.17 bits per heavy atom. The highest BCUT2D eigenvalue weighted by molar-refractivity contribution is 8.18. The normalized spacial score (nSPS) is 20.6. The highest BCUT2D eigenvalue weighted by atomic mass is 32.2. The van der Waals surface area contributed by atoms with Crippen LogP contribution in [0.15, 0.2) is 35.8 Å². The minimum Gasteiger partial charge on any atom is -0.350 e. The molecule has 2 fully saturated rings. The summed E-state index contributed by atoms with van der Waals surface area (Å²) in [5.74, 6) is -0.190. The number of piperidine rings is 1. The summed E-state index contributed by atoms with van der Waals surface area (Å²) in [6.07, 6.45) is 9.31. The molecule has 0 aromatic carbocycles. The molecular weight excluding hydrogens is 394 g/mol. The number of imide groups is 1. The Morgan fingerprint density at radius 1 is 1.28 bits per heavy atom. The summed E-state index contributed by atoms with van der Waals surface area (Å²) in [5.41, 5.74) is 0.832. The van der Waals surface area contributed by atoms with Gasteiger partial charge in [0.25, 0.3) is 17.1 Å². The van der Waals surface area contributed by atoms with E-state index in [0.29, 0.717) is 30.4 Å². The summed E-state index contributed by atoms with van der Waals surface area (Å²) in [7, 11) is 0. The lowest BCUT2D eigenvalue weighted by Crippen LogP contribution is -2.45. The number of carbonyl (C=O) groups excluding carboxylic acids is 3. The van der Waals surface area contributed by atoms with Crippen molar-refractivity contribution in [1.82, 2.24) is 30.2 Å². The molecule has 2 aliphatic rings. The number of likely N-dealkylation sites (tertiary alicyclic amines) is 1. The number of thioether (sulfide) groups is 1. The number of aromatic nitrogens is 4. The van der Waals surface area contributed by atoms with Crippen molar-refractivity contribution in [3.8, 4) is 0 Å². The molecule has 2 aromatic heterocycles. The standard InChI is InChI=1S/C18H17N7O3S/c26-15-14(29-18(28)24-15)8-11-3-4-21-17(22-11)23-12-2-1-7-25(10-12)16(27)13-9-19-5-6-20-13/h3-6,8-9,12H,1-2,7,10H2,(H,21,22,23)(H,24,26,28)/b14-8+. The van der Waals surface area contributed by atoms with Crippen molar-refractivity contribution in [2.75, 3.05) is 18.4 Å². The van der Waals surface area contributed by atoms with Gasteiger partial charge in [0.05, 0.1) is 16.8 Å². The molecule has 0 bridgehead atoms. The Bertz CT molecular complexity index is 982. The van der Waals surface area contributed by atoms with Crippen LogP contribution >= 0.6 is 11.8 Å². The van der Waals surface area contributed by atoms with E-state index >= 15 is 0 Å². The summed E-state index contributed by atoms with van der Waals surface area (Å²) in [5, 5.41) is 5.05. The van der Waals surface area contributed by atoms with Crippen LogP contribution < -0.4 is 10.6 Å². The fourth-order valence-electron chi connectivity index (χ4n) is 3.11. The summed E-state index contributed by atoms with van der Waals surface area (Å²) >= 11 is 0.837. The Kier molecular flexibility index (Phi) is 5.47. The van der Waals surface area contributed by atoms with Crippen molar-refractivity contribution >= 4 is 40.8 Å². The van der Waals surface area contributed by atoms with Crippen LogP contribution in [0.4, 0.5) is 10.7 Å². The third kappa shape index (κ3) is 4.57. The quantitative estimate of drug-likeness (QED) is 0.715. The fourth-order valence-corrected chi connectivity index (χ4v) is 3.78. The molecule has 148 valence electrons. The molecule has 1 atom stereocenters. The molecule has 0 aliphatic carbocycles. The highest BCUT2D eigenvalue weighted by Crippen LogP contribution is 2.25. The maximum Gasteiger partial charge on any atom is 0.290 e. The Balaban J connectivity index is 1.43. The van der Waals surface area contributed by atoms with Crippen molar-refractivity contribution in [2.45, 2.75) is 18.9 Å². The molecule has 2 aliphatic heterocycles. The largest absolute Gasteiger partial charge is 0.350 e. The van der Waals surface area contributed by atoms with E-state index in [1.165, 1.54) is 18.6 Å². The van der Waals surface area contributed by atoms with Gasteiger partial charge in [0, 0.05) is 37.7 Å².